The van der Waals surface area contributed by atoms with Crippen molar-refractivity contribution in [2.24, 2.45) is 0 Å². The van der Waals surface area contributed by atoms with Crippen LogP contribution in [0.5, 0.6) is 0 Å². The van der Waals surface area contributed by atoms with Crippen molar-refractivity contribution in [1.29, 1.82) is 5.41 Å². The van der Waals surface area contributed by atoms with Gasteiger partial charge in [0.15, 0.2) is 0 Å². The Morgan fingerprint density at radius 2 is 1.91 bits per heavy atom. The van der Waals surface area contributed by atoms with Crippen LogP contribution in [0, 0.1) is 5.41 Å². The van der Waals surface area contributed by atoms with Crippen LogP contribution in [0.25, 0.3) is 15.8 Å². The molecular formula is C25H19ClN4O2S. The first-order chi connectivity index (χ1) is 16.0. The zero-order valence-corrected chi connectivity index (χ0v) is 19.0. The van der Waals surface area contributed by atoms with Gasteiger partial charge in [0, 0.05) is 22.8 Å². The third-order valence-corrected chi connectivity index (χ3v) is 6.70. The van der Waals surface area contributed by atoms with Gasteiger partial charge in [-0.3, -0.25) is 10.2 Å². The number of nitrogens with one attached hydrogen (secondary N) is 2. The molecule has 5 rings (SSSR count). The lowest BCUT2D eigenvalue weighted by Crippen LogP contribution is -2.27. The Morgan fingerprint density at radius 3 is 2.70 bits per heavy atom. The number of thiazole rings is 1. The summed E-state index contributed by atoms with van der Waals surface area (Å²) >= 11 is 7.35. The Bertz CT molecular complexity index is 1380. The van der Waals surface area contributed by atoms with Gasteiger partial charge in [-0.25, -0.2) is 4.98 Å². The van der Waals surface area contributed by atoms with Gasteiger partial charge in [0.25, 0.3) is 5.91 Å². The SMILES string of the molecule is N=C1C(c2nc3ccccc3s2)=C(O)CN1c1cccc(C(=O)NCc2ccc(Cl)cc2)c1. The van der Waals surface area contributed by atoms with Gasteiger partial charge in [0.2, 0.25) is 0 Å². The van der Waals surface area contributed by atoms with E-state index in [1.165, 1.54) is 11.3 Å². The lowest BCUT2D eigenvalue weighted by atomic mass is 10.1. The molecule has 4 aromatic rings. The van der Waals surface area contributed by atoms with Crippen molar-refractivity contribution in [1.82, 2.24) is 10.3 Å². The molecule has 1 aromatic heterocycles. The smallest absolute Gasteiger partial charge is 0.251 e. The minimum Gasteiger partial charge on any atom is -0.510 e. The molecule has 2 heterocycles. The normalized spacial score (nSPS) is 13.7. The first-order valence-electron chi connectivity index (χ1n) is 10.3. The number of rotatable bonds is 5. The number of hydrogen-bond acceptors (Lipinski definition) is 5. The number of hydrogen-bond donors (Lipinski definition) is 3. The first kappa shape index (κ1) is 21.2. The van der Waals surface area contributed by atoms with Crippen molar-refractivity contribution in [3.63, 3.8) is 0 Å². The zero-order valence-electron chi connectivity index (χ0n) is 17.4. The van der Waals surface area contributed by atoms with E-state index in [0.717, 1.165) is 15.8 Å². The average molecular weight is 475 g/mol. The Morgan fingerprint density at radius 1 is 1.12 bits per heavy atom. The Labute approximate surface area is 199 Å². The number of amides is 1. The van der Waals surface area contributed by atoms with Crippen LogP contribution in [0.1, 0.15) is 20.9 Å². The molecule has 0 bridgehead atoms. The van der Waals surface area contributed by atoms with Crippen molar-refractivity contribution in [3.8, 4) is 0 Å². The highest BCUT2D eigenvalue weighted by Gasteiger charge is 2.31. The van der Waals surface area contributed by atoms with Crippen LogP contribution in [-0.4, -0.2) is 28.4 Å². The molecule has 1 aliphatic rings. The summed E-state index contributed by atoms with van der Waals surface area (Å²) in [6, 6.07) is 22.1. The zero-order chi connectivity index (χ0) is 22.9. The molecule has 0 radical (unpaired) electrons. The van der Waals surface area contributed by atoms with Gasteiger partial charge < -0.3 is 15.3 Å². The van der Waals surface area contributed by atoms with Crippen LogP contribution in [-0.2, 0) is 6.54 Å². The van der Waals surface area contributed by atoms with Crippen molar-refractivity contribution in [3.05, 3.63) is 99.7 Å². The Kier molecular flexibility index (Phi) is 5.58. The van der Waals surface area contributed by atoms with E-state index in [9.17, 15) is 9.90 Å². The number of aliphatic hydroxyl groups is 1. The quantitative estimate of drug-likeness (QED) is 0.349. The molecule has 1 amide bonds. The van der Waals surface area contributed by atoms with Crippen LogP contribution < -0.4 is 10.2 Å². The third kappa shape index (κ3) is 4.20. The highest BCUT2D eigenvalue weighted by Crippen LogP contribution is 2.35. The minimum atomic E-state index is -0.221. The number of halogens is 1. The molecule has 164 valence electrons. The maximum atomic E-state index is 12.7. The molecule has 33 heavy (non-hydrogen) atoms. The first-order valence-corrected chi connectivity index (χ1v) is 11.5. The number of aromatic nitrogens is 1. The van der Waals surface area contributed by atoms with E-state index in [2.05, 4.69) is 10.3 Å². The number of amidine groups is 1. The van der Waals surface area contributed by atoms with Crippen LogP contribution in [0.3, 0.4) is 0 Å². The molecule has 8 heteroatoms. The molecule has 0 saturated heterocycles. The summed E-state index contributed by atoms with van der Waals surface area (Å²) in [5.74, 6) is 0.0306. The van der Waals surface area contributed by atoms with E-state index in [-0.39, 0.29) is 24.0 Å². The fourth-order valence-electron chi connectivity index (χ4n) is 3.71. The average Bonchev–Trinajstić information content (AvgIpc) is 3.38. The second-order valence-corrected chi connectivity index (χ2v) is 9.07. The molecule has 0 atom stereocenters. The lowest BCUT2D eigenvalue weighted by Gasteiger charge is -2.19. The number of nitrogens with zero attached hydrogens (tertiary/aromatic N) is 2. The molecule has 0 fully saturated rings. The summed E-state index contributed by atoms with van der Waals surface area (Å²) in [6.45, 7) is 0.532. The van der Waals surface area contributed by atoms with Gasteiger partial charge in [-0.2, -0.15) is 0 Å². The van der Waals surface area contributed by atoms with E-state index in [1.807, 2.05) is 42.5 Å². The number of anilines is 1. The van der Waals surface area contributed by atoms with Gasteiger partial charge in [-0.15, -0.1) is 11.3 Å². The van der Waals surface area contributed by atoms with Crippen LogP contribution in [0.15, 0.2) is 78.6 Å². The van der Waals surface area contributed by atoms with E-state index < -0.39 is 0 Å². The maximum Gasteiger partial charge on any atom is 0.251 e. The Balaban J connectivity index is 1.34. The molecule has 1 aliphatic heterocycles. The van der Waals surface area contributed by atoms with Gasteiger partial charge >= 0.3 is 0 Å². The number of aliphatic hydroxyl groups excluding tert-OH is 1. The summed E-state index contributed by atoms with van der Waals surface area (Å²) in [7, 11) is 0. The topological polar surface area (TPSA) is 89.3 Å². The van der Waals surface area contributed by atoms with Gasteiger partial charge in [-0.1, -0.05) is 41.9 Å². The standard InChI is InChI=1S/C25H19ClN4O2S/c26-17-10-8-15(9-11-17)13-28-24(32)16-4-3-5-18(12-16)30-14-20(31)22(23(30)27)25-29-19-6-1-2-7-21(19)33-25/h1-12,27,31H,13-14H2,(H,28,32). The predicted octanol–water partition coefficient (Wildman–Crippen LogP) is 5.65. The second kappa shape index (κ2) is 8.69. The second-order valence-electron chi connectivity index (χ2n) is 7.60. The highest BCUT2D eigenvalue weighted by atomic mass is 35.5. The molecule has 0 saturated carbocycles. The van der Waals surface area contributed by atoms with E-state index >= 15 is 0 Å². The number of carbonyl (C=O) groups excluding carboxylic acids is 1. The fourth-order valence-corrected chi connectivity index (χ4v) is 4.87. The van der Waals surface area contributed by atoms with Gasteiger partial charge in [-0.05, 0) is 48.0 Å². The van der Waals surface area contributed by atoms with E-state index in [4.69, 9.17) is 17.0 Å². The molecule has 6 nitrogen and oxygen atoms in total. The van der Waals surface area contributed by atoms with Crippen molar-refractivity contribution in [2.75, 3.05) is 11.4 Å². The van der Waals surface area contributed by atoms with Crippen molar-refractivity contribution >= 4 is 56.2 Å². The molecular weight excluding hydrogens is 456 g/mol. The van der Waals surface area contributed by atoms with E-state index in [0.29, 0.717) is 33.4 Å². The van der Waals surface area contributed by atoms with Crippen molar-refractivity contribution < 1.29 is 9.90 Å². The van der Waals surface area contributed by atoms with Crippen LogP contribution >= 0.6 is 22.9 Å². The minimum absolute atomic E-state index is 0.0941. The predicted molar refractivity (Wildman–Crippen MR) is 133 cm³/mol. The van der Waals surface area contributed by atoms with Crippen LogP contribution in [0.4, 0.5) is 5.69 Å². The molecule has 3 aromatic carbocycles. The molecule has 3 N–H and O–H groups in total. The Hall–Kier alpha value is -3.68. The number of carbonyl (C=O) groups is 1. The molecule has 0 spiro atoms. The number of para-hydroxylation sites is 1. The third-order valence-electron chi connectivity index (χ3n) is 5.40. The molecule has 0 aliphatic carbocycles. The molecule has 0 unspecified atom stereocenters. The number of fused-ring (bicyclic) bond motifs is 1. The monoisotopic (exact) mass is 474 g/mol. The summed E-state index contributed by atoms with van der Waals surface area (Å²) < 4.78 is 0.999. The van der Waals surface area contributed by atoms with Crippen LogP contribution in [0.2, 0.25) is 5.02 Å². The summed E-state index contributed by atoms with van der Waals surface area (Å²) in [6.07, 6.45) is 0. The highest BCUT2D eigenvalue weighted by molar-refractivity contribution is 7.19. The van der Waals surface area contributed by atoms with Gasteiger partial charge in [0.05, 0.1) is 22.3 Å². The van der Waals surface area contributed by atoms with E-state index in [1.54, 1.807) is 35.2 Å². The summed E-state index contributed by atoms with van der Waals surface area (Å²) in [4.78, 5) is 19.0. The summed E-state index contributed by atoms with van der Waals surface area (Å²) in [5, 5.41) is 23.5. The maximum absolute atomic E-state index is 12.7. The summed E-state index contributed by atoms with van der Waals surface area (Å²) in [5.41, 5.74) is 3.33. The van der Waals surface area contributed by atoms with Crippen molar-refractivity contribution in [2.45, 2.75) is 6.54 Å². The number of benzene rings is 3. The lowest BCUT2D eigenvalue weighted by molar-refractivity contribution is 0.0951. The van der Waals surface area contributed by atoms with Gasteiger partial charge in [0.1, 0.15) is 16.6 Å². The fraction of sp³-hybridized carbons (Fsp3) is 0.0800. The largest absolute Gasteiger partial charge is 0.510 e.